The predicted molar refractivity (Wildman–Crippen MR) is 220 cm³/mol. The third-order valence-electron chi connectivity index (χ3n) is 10.2. The number of benzene rings is 3. The molecule has 0 fully saturated rings. The molecule has 0 bridgehead atoms. The minimum Gasteiger partial charge on any atom is -0.344 e. The van der Waals surface area contributed by atoms with Crippen molar-refractivity contribution >= 4 is 58.1 Å². The zero-order valence-corrected chi connectivity index (χ0v) is 35.2. The Morgan fingerprint density at radius 1 is 0.754 bits per heavy atom. The van der Waals surface area contributed by atoms with Crippen LogP contribution in [0.25, 0.3) is 5.57 Å². The molecule has 306 valence electrons. The highest BCUT2D eigenvalue weighted by Gasteiger charge is 2.45. The van der Waals surface area contributed by atoms with Gasteiger partial charge < -0.3 is 24.5 Å². The Kier molecular flexibility index (Phi) is 12.8. The summed E-state index contributed by atoms with van der Waals surface area (Å²) in [5.74, 6) is 0. The normalized spacial score (nSPS) is 18.0. The van der Waals surface area contributed by atoms with Crippen molar-refractivity contribution in [1.29, 1.82) is 0 Å². The largest absolute Gasteiger partial charge is 0.344 e. The summed E-state index contributed by atoms with van der Waals surface area (Å²) in [6.07, 6.45) is 10.7. The molecule has 6 N–H and O–H groups in total. The quantitative estimate of drug-likeness (QED) is 0.0412. The topological polar surface area (TPSA) is 230 Å². The molecule has 57 heavy (non-hydrogen) atoms. The summed E-state index contributed by atoms with van der Waals surface area (Å²) in [7, 11) is -17.6. The van der Waals surface area contributed by atoms with Gasteiger partial charge >= 0.3 is 15.2 Å². The third-order valence-corrected chi connectivity index (χ3v) is 13.6. The lowest BCUT2D eigenvalue weighted by molar-refractivity contribution is -0.437. The van der Waals surface area contributed by atoms with Crippen LogP contribution in [0.15, 0.2) is 119 Å². The van der Waals surface area contributed by atoms with Crippen LogP contribution < -0.4 is 4.90 Å². The van der Waals surface area contributed by atoms with E-state index in [4.69, 9.17) is 0 Å². The van der Waals surface area contributed by atoms with E-state index in [-0.39, 0.29) is 48.0 Å². The molecule has 14 nitrogen and oxygen atoms in total. The van der Waals surface area contributed by atoms with E-state index in [9.17, 15) is 54.6 Å². The highest BCUT2D eigenvalue weighted by atomic mass is 32.2. The summed E-state index contributed by atoms with van der Waals surface area (Å²) in [5, 5.41) is 0. The van der Waals surface area contributed by atoms with Gasteiger partial charge in [-0.3, -0.25) is 18.2 Å². The molecule has 0 aliphatic carbocycles. The van der Waals surface area contributed by atoms with Crippen molar-refractivity contribution in [3.8, 4) is 0 Å². The molecule has 0 spiro atoms. The number of rotatable bonds is 15. The van der Waals surface area contributed by atoms with E-state index < -0.39 is 46.3 Å². The molecular weight excluding hydrogens is 815 g/mol. The average Bonchev–Trinajstić information content (AvgIpc) is 3.44. The maximum absolute atomic E-state index is 12.0. The second kappa shape index (κ2) is 16.5. The average molecular weight is 862 g/mol. The highest BCUT2D eigenvalue weighted by Crippen LogP contribution is 2.49. The van der Waals surface area contributed by atoms with Crippen LogP contribution in [-0.4, -0.2) is 81.2 Å². The molecular formula is C39H47N2O12P2S2+. The van der Waals surface area contributed by atoms with Gasteiger partial charge in [-0.25, -0.2) is 0 Å². The fraction of sp³-hybridized carbons (Fsp3) is 0.308. The van der Waals surface area contributed by atoms with Gasteiger partial charge in [-0.2, -0.15) is 21.4 Å². The van der Waals surface area contributed by atoms with Gasteiger partial charge in [0.05, 0.1) is 27.5 Å². The van der Waals surface area contributed by atoms with Gasteiger partial charge in [0, 0.05) is 47.5 Å². The maximum atomic E-state index is 12.0. The first-order valence-electron chi connectivity index (χ1n) is 17.9. The fourth-order valence-corrected chi connectivity index (χ4v) is 9.47. The number of nitrogens with zero attached hydrogens (tertiary/aromatic N) is 2. The monoisotopic (exact) mass is 861 g/mol. The second-order valence-electron chi connectivity index (χ2n) is 15.0. The van der Waals surface area contributed by atoms with E-state index in [1.807, 2.05) is 104 Å². The molecule has 2 aliphatic heterocycles. The molecule has 0 amide bonds. The van der Waals surface area contributed by atoms with Crippen LogP contribution in [0.5, 0.6) is 0 Å². The van der Waals surface area contributed by atoms with Crippen LogP contribution in [0.3, 0.4) is 0 Å². The standard InChI is InChI=1S/C39H46N2O12P2S2/c1-38(2)32-26-30(56(48,49)50)18-20-34(32)40(22-10-24-54(42,43)44)36(38)16-8-14-29(28-12-6-5-7-13-28)15-9-17-37-39(3,4)33-27-31(57(51,52)53)19-21-35(33)41(37)23-11-25-55(45,46)47/h5-9,12-21,26-27H,10-11,22-25H2,1-4H3,(H5-,42,43,44,45,46,47,48,49,50,51,52,53)/p+1. The van der Waals surface area contributed by atoms with Crippen LogP contribution in [0, 0.1) is 0 Å². The second-order valence-corrected chi connectivity index (χ2v) is 21.4. The molecule has 0 unspecified atom stereocenters. The molecule has 2 heterocycles. The summed E-state index contributed by atoms with van der Waals surface area (Å²) in [5.41, 5.74) is 4.04. The molecule has 0 aromatic heterocycles. The van der Waals surface area contributed by atoms with Crippen molar-refractivity contribution in [1.82, 2.24) is 0 Å². The van der Waals surface area contributed by atoms with Gasteiger partial charge in [0.25, 0.3) is 20.2 Å². The molecule has 3 aromatic carbocycles. The van der Waals surface area contributed by atoms with E-state index in [0.717, 1.165) is 22.5 Å². The van der Waals surface area contributed by atoms with Crippen LogP contribution in [0.1, 0.15) is 57.2 Å². The molecule has 0 atom stereocenters. The lowest BCUT2D eigenvalue weighted by Gasteiger charge is -2.27. The van der Waals surface area contributed by atoms with Crippen molar-refractivity contribution < 1.29 is 59.2 Å². The smallest absolute Gasteiger partial charge is 0.325 e. The van der Waals surface area contributed by atoms with Gasteiger partial charge in [0.1, 0.15) is 6.54 Å². The molecule has 18 heteroatoms. The summed E-state index contributed by atoms with van der Waals surface area (Å²) >= 11 is 0. The minimum absolute atomic E-state index is 0.146. The Morgan fingerprint density at radius 3 is 1.93 bits per heavy atom. The van der Waals surface area contributed by atoms with Crippen molar-refractivity contribution in [3.05, 3.63) is 126 Å². The minimum atomic E-state index is -4.50. The Hall–Kier alpha value is -3.79. The van der Waals surface area contributed by atoms with Crippen molar-refractivity contribution in [2.24, 2.45) is 0 Å². The van der Waals surface area contributed by atoms with Crippen molar-refractivity contribution in [2.45, 2.75) is 61.2 Å². The molecule has 2 aliphatic rings. The lowest BCUT2D eigenvalue weighted by atomic mass is 9.81. The highest BCUT2D eigenvalue weighted by molar-refractivity contribution is 7.86. The summed E-state index contributed by atoms with van der Waals surface area (Å²) in [6, 6.07) is 18.0. The van der Waals surface area contributed by atoms with Crippen LogP contribution in [0.2, 0.25) is 0 Å². The molecule has 3 aromatic rings. The zero-order chi connectivity index (χ0) is 42.2. The Balaban J connectivity index is 1.56. The van der Waals surface area contributed by atoms with E-state index in [2.05, 4.69) is 0 Å². The predicted octanol–water partition coefficient (Wildman–Crippen LogP) is 6.57. The Morgan fingerprint density at radius 2 is 1.33 bits per heavy atom. The molecule has 0 saturated carbocycles. The first-order valence-corrected chi connectivity index (χ1v) is 24.4. The molecule has 5 rings (SSSR count). The van der Waals surface area contributed by atoms with Gasteiger partial charge in [0.2, 0.25) is 5.69 Å². The number of hydrogen-bond donors (Lipinski definition) is 6. The van der Waals surface area contributed by atoms with Gasteiger partial charge in [0.15, 0.2) is 5.71 Å². The first kappa shape index (κ1) is 44.3. The zero-order valence-electron chi connectivity index (χ0n) is 31.8. The SMILES string of the molecule is CC1(C)C(/C=C/C=C(/C=C/C=C2/N(CCCP(=O)(O)O)c3ccc(S(=O)(=O)O)cc3C2(C)C)c2ccccc2)=[N+](CCCP(=O)(O)O)c2ccc(S(=O)(=O)O)cc21. The van der Waals surface area contributed by atoms with Gasteiger partial charge in [-0.1, -0.05) is 68.5 Å². The van der Waals surface area contributed by atoms with E-state index in [1.165, 1.54) is 24.3 Å². The Bertz CT molecular complexity index is 2530. The van der Waals surface area contributed by atoms with E-state index in [1.54, 1.807) is 12.1 Å². The van der Waals surface area contributed by atoms with Crippen molar-refractivity contribution in [3.63, 3.8) is 0 Å². The number of anilines is 1. The number of allylic oxidation sites excluding steroid dienone is 8. The first-order chi connectivity index (χ1) is 26.3. The van der Waals surface area contributed by atoms with Crippen LogP contribution >= 0.6 is 15.2 Å². The summed E-state index contributed by atoms with van der Waals surface area (Å²) in [6.45, 7) is 8.02. The van der Waals surface area contributed by atoms with E-state index in [0.29, 0.717) is 22.5 Å². The van der Waals surface area contributed by atoms with Crippen LogP contribution in [0.4, 0.5) is 11.4 Å². The molecule has 0 saturated heterocycles. The third kappa shape index (κ3) is 10.5. The summed E-state index contributed by atoms with van der Waals surface area (Å²) < 4.78 is 93.0. The lowest BCUT2D eigenvalue weighted by Crippen LogP contribution is -2.28. The summed E-state index contributed by atoms with van der Waals surface area (Å²) in [4.78, 5) is 39.4. The molecule has 0 radical (unpaired) electrons. The van der Waals surface area contributed by atoms with Crippen molar-refractivity contribution in [2.75, 3.05) is 30.3 Å². The fourth-order valence-electron chi connectivity index (χ4n) is 7.35. The van der Waals surface area contributed by atoms with Gasteiger partial charge in [-0.15, -0.1) is 0 Å². The van der Waals surface area contributed by atoms with Crippen LogP contribution in [-0.2, 0) is 40.2 Å². The maximum Gasteiger partial charge on any atom is 0.325 e. The van der Waals surface area contributed by atoms with Gasteiger partial charge in [-0.05, 0) is 73.4 Å². The van der Waals surface area contributed by atoms with E-state index >= 15 is 0 Å². The Labute approximate surface area is 333 Å². The number of fused-ring (bicyclic) bond motifs is 2. The number of hydrogen-bond acceptors (Lipinski definition) is 7.